The number of nitrogens with zero attached hydrogens (tertiary/aromatic N) is 1. The van der Waals surface area contributed by atoms with Crippen molar-refractivity contribution in [2.45, 2.75) is 29.5 Å². The minimum atomic E-state index is -4.95. The summed E-state index contributed by atoms with van der Waals surface area (Å²) in [5.41, 5.74) is -0.552. The lowest BCUT2D eigenvalue weighted by atomic mass is 9.68. The first-order valence-electron chi connectivity index (χ1n) is 8.38. The molecule has 1 saturated heterocycles. The molecule has 0 amide bonds. The Morgan fingerprint density at radius 1 is 1.14 bits per heavy atom. The second kappa shape index (κ2) is 7.92. The van der Waals surface area contributed by atoms with Crippen molar-refractivity contribution in [3.05, 3.63) is 51.8 Å². The maximum atomic E-state index is 12.8. The molecule has 3 N–H and O–H groups in total. The Morgan fingerprint density at radius 3 is 2.38 bits per heavy atom. The number of primary sulfonamides is 1. The van der Waals surface area contributed by atoms with E-state index in [-0.39, 0.29) is 20.6 Å². The van der Waals surface area contributed by atoms with Crippen LogP contribution in [0.2, 0.25) is 10.2 Å². The van der Waals surface area contributed by atoms with Gasteiger partial charge in [0.15, 0.2) is 0 Å². The number of benzene rings is 1. The number of pyridine rings is 1. The van der Waals surface area contributed by atoms with Crippen LogP contribution in [-0.2, 0) is 15.4 Å². The zero-order valence-corrected chi connectivity index (χ0v) is 17.1. The van der Waals surface area contributed by atoms with Crippen LogP contribution in [0.4, 0.5) is 13.2 Å². The first-order valence-corrected chi connectivity index (χ1v) is 10.7. The summed E-state index contributed by atoms with van der Waals surface area (Å²) in [5, 5.41) is 8.83. The molecule has 29 heavy (non-hydrogen) atoms. The smallest absolute Gasteiger partial charge is 0.406 e. The molecule has 0 aliphatic carbocycles. The molecule has 0 bridgehead atoms. The second-order valence-corrected chi connectivity index (χ2v) is 8.89. The van der Waals surface area contributed by atoms with Gasteiger partial charge in [0.05, 0.1) is 9.92 Å². The first kappa shape index (κ1) is 22.1. The molecule has 12 heteroatoms. The van der Waals surface area contributed by atoms with Gasteiger partial charge in [-0.25, -0.2) is 18.5 Å². The van der Waals surface area contributed by atoms with E-state index >= 15 is 0 Å². The van der Waals surface area contributed by atoms with Crippen molar-refractivity contribution >= 4 is 33.2 Å². The predicted octanol–water partition coefficient (Wildman–Crippen LogP) is 3.60. The van der Waals surface area contributed by atoms with Gasteiger partial charge in [0.2, 0.25) is 10.0 Å². The Bertz CT molecular complexity index is 1030. The summed E-state index contributed by atoms with van der Waals surface area (Å²) in [6.07, 6.45) is -2.95. The molecule has 0 atom stereocenters. The fourth-order valence-electron chi connectivity index (χ4n) is 3.65. The fraction of sp³-hybridized carbons (Fsp3) is 0.353. The zero-order valence-electron chi connectivity index (χ0n) is 14.8. The number of aromatic nitrogens is 1. The Morgan fingerprint density at radius 2 is 1.79 bits per heavy atom. The van der Waals surface area contributed by atoms with Crippen LogP contribution in [-0.4, -0.2) is 32.9 Å². The van der Waals surface area contributed by atoms with Crippen molar-refractivity contribution in [2.24, 2.45) is 5.14 Å². The van der Waals surface area contributed by atoms with Crippen LogP contribution < -0.4 is 15.2 Å². The standard InChI is InChI=1S/C17H16Cl2F3N3O3S/c18-13-9-25-15(19)8-11(13)16(3-5-24-6-4-16)12-7-10(28-17(20,21)22)1-2-14(12)29(23,26)27/h1-2,7-9,24H,3-6H2,(H2,23,26,27). The van der Waals surface area contributed by atoms with Crippen LogP contribution in [0.15, 0.2) is 35.4 Å². The van der Waals surface area contributed by atoms with Crippen LogP contribution in [0.3, 0.4) is 0 Å². The number of piperidine rings is 1. The summed E-state index contributed by atoms with van der Waals surface area (Å²) >= 11 is 12.4. The highest BCUT2D eigenvalue weighted by Crippen LogP contribution is 2.47. The molecule has 3 rings (SSSR count). The molecular formula is C17H16Cl2F3N3O3S. The van der Waals surface area contributed by atoms with E-state index in [9.17, 15) is 21.6 Å². The van der Waals surface area contributed by atoms with Crippen LogP contribution >= 0.6 is 23.2 Å². The lowest BCUT2D eigenvalue weighted by Crippen LogP contribution is -2.42. The van der Waals surface area contributed by atoms with Crippen LogP contribution in [0.5, 0.6) is 5.75 Å². The van der Waals surface area contributed by atoms with Gasteiger partial charge in [-0.2, -0.15) is 0 Å². The maximum Gasteiger partial charge on any atom is 0.573 e. The molecule has 0 unspecified atom stereocenters. The number of halogens is 5. The molecule has 1 fully saturated rings. The largest absolute Gasteiger partial charge is 0.573 e. The van der Waals surface area contributed by atoms with Gasteiger partial charge in [-0.15, -0.1) is 13.2 Å². The van der Waals surface area contributed by atoms with Gasteiger partial charge >= 0.3 is 6.36 Å². The van der Waals surface area contributed by atoms with E-state index in [0.29, 0.717) is 31.5 Å². The summed E-state index contributed by atoms with van der Waals surface area (Å²) in [6, 6.07) is 4.45. The normalized spacial score (nSPS) is 17.2. The molecule has 0 spiro atoms. The first-order chi connectivity index (χ1) is 13.4. The number of ether oxygens (including phenoxy) is 1. The van der Waals surface area contributed by atoms with Gasteiger partial charge in [0.25, 0.3) is 0 Å². The average Bonchev–Trinajstić information content (AvgIpc) is 2.62. The van der Waals surface area contributed by atoms with Crippen LogP contribution in [0, 0.1) is 0 Å². The topological polar surface area (TPSA) is 94.3 Å². The van der Waals surface area contributed by atoms with Gasteiger partial charge in [-0.3, -0.25) is 0 Å². The van der Waals surface area contributed by atoms with E-state index in [2.05, 4.69) is 15.0 Å². The van der Waals surface area contributed by atoms with Gasteiger partial charge in [0.1, 0.15) is 10.9 Å². The Balaban J connectivity index is 2.32. The van der Waals surface area contributed by atoms with Crippen molar-refractivity contribution in [1.29, 1.82) is 0 Å². The molecule has 158 valence electrons. The fourth-order valence-corrected chi connectivity index (χ4v) is 4.91. The van der Waals surface area contributed by atoms with Crippen molar-refractivity contribution in [3.63, 3.8) is 0 Å². The van der Waals surface area contributed by atoms with Crippen LogP contribution in [0.25, 0.3) is 0 Å². The Kier molecular flexibility index (Phi) is 6.03. The number of hydrogen-bond donors (Lipinski definition) is 2. The lowest BCUT2D eigenvalue weighted by Gasteiger charge is -2.40. The average molecular weight is 470 g/mol. The number of nitrogens with one attached hydrogen (secondary N) is 1. The van der Waals surface area contributed by atoms with Crippen molar-refractivity contribution < 1.29 is 26.3 Å². The van der Waals surface area contributed by atoms with E-state index in [1.807, 2.05) is 0 Å². The van der Waals surface area contributed by atoms with Crippen molar-refractivity contribution in [2.75, 3.05) is 13.1 Å². The summed E-state index contributed by atoms with van der Waals surface area (Å²) in [6.45, 7) is 0.926. The van der Waals surface area contributed by atoms with Gasteiger partial charge < -0.3 is 10.1 Å². The third kappa shape index (κ3) is 4.77. The van der Waals surface area contributed by atoms with E-state index in [0.717, 1.165) is 18.2 Å². The number of rotatable bonds is 4. The highest BCUT2D eigenvalue weighted by molar-refractivity contribution is 7.89. The molecule has 1 aromatic carbocycles. The van der Waals surface area contributed by atoms with E-state index in [4.69, 9.17) is 28.3 Å². The summed E-state index contributed by atoms with van der Waals surface area (Å²) in [7, 11) is -4.26. The Labute approximate surface area is 175 Å². The minimum Gasteiger partial charge on any atom is -0.406 e. The predicted molar refractivity (Wildman–Crippen MR) is 102 cm³/mol. The molecular weight excluding hydrogens is 454 g/mol. The molecule has 0 radical (unpaired) electrons. The highest BCUT2D eigenvalue weighted by Gasteiger charge is 2.42. The molecule has 1 aliphatic heterocycles. The van der Waals surface area contributed by atoms with E-state index < -0.39 is 27.6 Å². The van der Waals surface area contributed by atoms with E-state index in [1.54, 1.807) is 0 Å². The SMILES string of the molecule is NS(=O)(=O)c1ccc(OC(F)(F)F)cc1C1(c2cc(Cl)ncc2Cl)CCNCC1. The molecule has 2 aromatic rings. The molecule has 2 heterocycles. The van der Waals surface area contributed by atoms with Crippen molar-refractivity contribution in [3.8, 4) is 5.75 Å². The molecule has 1 aliphatic rings. The number of alkyl halides is 3. The summed E-state index contributed by atoms with van der Waals surface area (Å²) in [4.78, 5) is 3.59. The minimum absolute atomic E-state index is 0.0624. The highest BCUT2D eigenvalue weighted by atomic mass is 35.5. The van der Waals surface area contributed by atoms with E-state index in [1.165, 1.54) is 12.3 Å². The van der Waals surface area contributed by atoms with Gasteiger partial charge in [0, 0.05) is 11.6 Å². The third-order valence-corrected chi connectivity index (χ3v) is 6.28. The van der Waals surface area contributed by atoms with Crippen molar-refractivity contribution in [1.82, 2.24) is 10.3 Å². The monoisotopic (exact) mass is 469 g/mol. The zero-order chi connectivity index (χ0) is 21.4. The number of nitrogens with two attached hydrogens (primary N) is 1. The lowest BCUT2D eigenvalue weighted by molar-refractivity contribution is -0.274. The second-order valence-electron chi connectivity index (χ2n) is 6.57. The summed E-state index contributed by atoms with van der Waals surface area (Å²) < 4.78 is 66.8. The van der Waals surface area contributed by atoms with Gasteiger partial charge in [-0.1, -0.05) is 23.2 Å². The molecule has 6 nitrogen and oxygen atoms in total. The van der Waals surface area contributed by atoms with Gasteiger partial charge in [-0.05, 0) is 61.3 Å². The molecule has 1 aromatic heterocycles. The summed E-state index contributed by atoms with van der Waals surface area (Å²) in [5.74, 6) is -0.561. The maximum absolute atomic E-state index is 12.8. The third-order valence-electron chi connectivity index (χ3n) is 4.80. The quantitative estimate of drug-likeness (QED) is 0.667. The van der Waals surface area contributed by atoms with Crippen LogP contribution in [0.1, 0.15) is 24.0 Å². The number of hydrogen-bond acceptors (Lipinski definition) is 5. The number of sulfonamides is 1. The Hall–Kier alpha value is -1.59. The molecule has 0 saturated carbocycles.